The Morgan fingerprint density at radius 1 is 0.906 bits per heavy atom. The molecule has 0 aliphatic rings. The molecular formula is C26H27ClN2O2S. The molecule has 3 aromatic carbocycles. The fourth-order valence-electron chi connectivity index (χ4n) is 3.14. The fourth-order valence-corrected chi connectivity index (χ4v) is 4.34. The highest BCUT2D eigenvalue weighted by molar-refractivity contribution is 8.00. The van der Waals surface area contributed by atoms with Gasteiger partial charge in [-0.2, -0.15) is 0 Å². The molecule has 0 aliphatic carbocycles. The summed E-state index contributed by atoms with van der Waals surface area (Å²) in [6.45, 7) is 6.27. The lowest BCUT2D eigenvalue weighted by molar-refractivity contribution is -0.115. The van der Waals surface area contributed by atoms with Gasteiger partial charge in [0.1, 0.15) is 0 Å². The van der Waals surface area contributed by atoms with E-state index in [0.717, 1.165) is 10.6 Å². The predicted molar refractivity (Wildman–Crippen MR) is 135 cm³/mol. The predicted octanol–water partition coefficient (Wildman–Crippen LogP) is 7.23. The maximum atomic E-state index is 12.8. The van der Waals surface area contributed by atoms with E-state index in [2.05, 4.69) is 24.5 Å². The first kappa shape index (κ1) is 23.9. The largest absolute Gasteiger partial charge is 0.325 e. The van der Waals surface area contributed by atoms with Crippen LogP contribution in [0.2, 0.25) is 5.02 Å². The Bertz CT molecular complexity index is 1080. The summed E-state index contributed by atoms with van der Waals surface area (Å²) in [5, 5.41) is 6.16. The van der Waals surface area contributed by atoms with Crippen LogP contribution in [-0.2, 0) is 4.79 Å². The average molecular weight is 467 g/mol. The number of hydrogen-bond donors (Lipinski definition) is 2. The van der Waals surface area contributed by atoms with Gasteiger partial charge in [0.25, 0.3) is 5.91 Å². The Labute approximate surface area is 198 Å². The van der Waals surface area contributed by atoms with Gasteiger partial charge in [0.15, 0.2) is 0 Å². The van der Waals surface area contributed by atoms with Crippen LogP contribution in [0, 0.1) is 0 Å². The summed E-state index contributed by atoms with van der Waals surface area (Å²) in [7, 11) is 0. The molecule has 2 N–H and O–H groups in total. The molecule has 0 fully saturated rings. The van der Waals surface area contributed by atoms with E-state index in [4.69, 9.17) is 11.6 Å². The Hall–Kier alpha value is -2.76. The van der Waals surface area contributed by atoms with Crippen LogP contribution in [0.3, 0.4) is 0 Å². The summed E-state index contributed by atoms with van der Waals surface area (Å²) in [6.07, 6.45) is 0.680. The van der Waals surface area contributed by atoms with Crippen molar-refractivity contribution in [2.24, 2.45) is 0 Å². The second kappa shape index (κ2) is 11.2. The van der Waals surface area contributed by atoms with Gasteiger partial charge in [0.05, 0.1) is 5.25 Å². The molecule has 2 amide bonds. The van der Waals surface area contributed by atoms with E-state index in [0.29, 0.717) is 28.6 Å². The summed E-state index contributed by atoms with van der Waals surface area (Å²) < 4.78 is 0. The molecule has 0 saturated carbocycles. The van der Waals surface area contributed by atoms with Crippen molar-refractivity contribution in [2.75, 3.05) is 10.6 Å². The Balaban J connectivity index is 1.64. The maximum absolute atomic E-state index is 12.8. The summed E-state index contributed by atoms with van der Waals surface area (Å²) in [6, 6.07) is 22.3. The highest BCUT2D eigenvalue weighted by Gasteiger charge is 2.18. The number of nitrogens with one attached hydrogen (secondary N) is 2. The molecule has 3 rings (SSSR count). The van der Waals surface area contributed by atoms with Crippen LogP contribution >= 0.6 is 23.4 Å². The maximum Gasteiger partial charge on any atom is 0.255 e. The molecule has 0 radical (unpaired) electrons. The quantitative estimate of drug-likeness (QED) is 0.344. The number of rotatable bonds is 8. The molecule has 0 aliphatic heterocycles. The third kappa shape index (κ3) is 6.62. The Morgan fingerprint density at radius 2 is 1.62 bits per heavy atom. The summed E-state index contributed by atoms with van der Waals surface area (Å²) in [4.78, 5) is 26.2. The summed E-state index contributed by atoms with van der Waals surface area (Å²) in [5.41, 5.74) is 3.19. The number of carbonyl (C=O) groups excluding carboxylic acids is 2. The van der Waals surface area contributed by atoms with Gasteiger partial charge in [0, 0.05) is 26.9 Å². The number of hydrogen-bond acceptors (Lipinski definition) is 3. The lowest BCUT2D eigenvalue weighted by atomic mass is 10.0. The molecule has 4 nitrogen and oxygen atoms in total. The number of amides is 2. The number of carbonyl (C=O) groups is 2. The zero-order valence-electron chi connectivity index (χ0n) is 18.4. The zero-order valence-corrected chi connectivity index (χ0v) is 20.0. The summed E-state index contributed by atoms with van der Waals surface area (Å²) in [5.74, 6) is 0.179. The van der Waals surface area contributed by atoms with Crippen LogP contribution in [0.1, 0.15) is 49.0 Å². The lowest BCUT2D eigenvalue weighted by Gasteiger charge is -2.16. The van der Waals surface area contributed by atoms with Gasteiger partial charge < -0.3 is 10.6 Å². The zero-order chi connectivity index (χ0) is 23.1. The van der Waals surface area contributed by atoms with Crippen molar-refractivity contribution >= 4 is 46.6 Å². The topological polar surface area (TPSA) is 58.2 Å². The first-order valence-corrected chi connectivity index (χ1v) is 11.9. The fraction of sp³-hybridized carbons (Fsp3) is 0.231. The first-order chi connectivity index (χ1) is 15.4. The van der Waals surface area contributed by atoms with Crippen molar-refractivity contribution in [1.82, 2.24) is 0 Å². The average Bonchev–Trinajstić information content (AvgIpc) is 2.78. The molecule has 0 aromatic heterocycles. The van der Waals surface area contributed by atoms with E-state index < -0.39 is 0 Å². The van der Waals surface area contributed by atoms with Crippen molar-refractivity contribution < 1.29 is 9.59 Å². The minimum atomic E-state index is -0.251. The number of benzene rings is 3. The van der Waals surface area contributed by atoms with Crippen LogP contribution in [0.25, 0.3) is 0 Å². The van der Waals surface area contributed by atoms with Crippen molar-refractivity contribution in [3.05, 3.63) is 88.9 Å². The van der Waals surface area contributed by atoms with E-state index >= 15 is 0 Å². The Kier molecular flexibility index (Phi) is 8.37. The smallest absolute Gasteiger partial charge is 0.255 e. The molecule has 1 unspecified atom stereocenters. The van der Waals surface area contributed by atoms with Gasteiger partial charge in [-0.15, -0.1) is 11.8 Å². The highest BCUT2D eigenvalue weighted by atomic mass is 35.5. The van der Waals surface area contributed by atoms with Crippen LogP contribution < -0.4 is 10.6 Å². The standard InChI is InChI=1S/C26H27ClN2O2S/c1-4-24(26(31)28-21-13-11-18(12-14-21)17(2)3)32-23-10-6-9-22(16-23)29-25(30)19-7-5-8-20(27)15-19/h5-17,24H,4H2,1-3H3,(H,28,31)(H,29,30). The number of anilines is 2. The van der Waals surface area contributed by atoms with Crippen LogP contribution in [0.15, 0.2) is 77.7 Å². The second-order valence-electron chi connectivity index (χ2n) is 7.77. The Morgan fingerprint density at radius 3 is 2.28 bits per heavy atom. The van der Waals surface area contributed by atoms with Gasteiger partial charge >= 0.3 is 0 Å². The van der Waals surface area contributed by atoms with Gasteiger partial charge in [-0.3, -0.25) is 9.59 Å². The van der Waals surface area contributed by atoms with Crippen LogP contribution in [-0.4, -0.2) is 17.1 Å². The first-order valence-electron chi connectivity index (χ1n) is 10.6. The SMILES string of the molecule is CCC(Sc1cccc(NC(=O)c2cccc(Cl)c2)c1)C(=O)Nc1ccc(C(C)C)cc1. The van der Waals surface area contributed by atoms with Gasteiger partial charge in [-0.1, -0.05) is 56.6 Å². The van der Waals surface area contributed by atoms with Gasteiger partial charge in [-0.25, -0.2) is 0 Å². The van der Waals surface area contributed by atoms with E-state index in [-0.39, 0.29) is 17.1 Å². The van der Waals surface area contributed by atoms with E-state index in [9.17, 15) is 9.59 Å². The minimum Gasteiger partial charge on any atom is -0.325 e. The monoisotopic (exact) mass is 466 g/mol. The van der Waals surface area contributed by atoms with Crippen LogP contribution in [0.5, 0.6) is 0 Å². The number of halogens is 1. The highest BCUT2D eigenvalue weighted by Crippen LogP contribution is 2.29. The third-order valence-electron chi connectivity index (χ3n) is 4.97. The number of thioether (sulfide) groups is 1. The molecule has 0 heterocycles. The second-order valence-corrected chi connectivity index (χ2v) is 9.49. The molecule has 0 saturated heterocycles. The van der Waals surface area contributed by atoms with Crippen molar-refractivity contribution in [3.8, 4) is 0 Å². The molecule has 166 valence electrons. The normalized spacial score (nSPS) is 11.8. The molecule has 6 heteroatoms. The van der Waals surface area contributed by atoms with Crippen molar-refractivity contribution in [2.45, 2.75) is 43.3 Å². The van der Waals surface area contributed by atoms with Crippen LogP contribution in [0.4, 0.5) is 11.4 Å². The molecule has 1 atom stereocenters. The van der Waals surface area contributed by atoms with E-state index in [1.807, 2.05) is 55.5 Å². The lowest BCUT2D eigenvalue weighted by Crippen LogP contribution is -2.24. The van der Waals surface area contributed by atoms with E-state index in [1.54, 1.807) is 24.3 Å². The molecule has 3 aromatic rings. The minimum absolute atomic E-state index is 0.0387. The van der Waals surface area contributed by atoms with Crippen molar-refractivity contribution in [1.29, 1.82) is 0 Å². The van der Waals surface area contributed by atoms with Crippen molar-refractivity contribution in [3.63, 3.8) is 0 Å². The van der Waals surface area contributed by atoms with Gasteiger partial charge in [-0.05, 0) is 66.4 Å². The summed E-state index contributed by atoms with van der Waals surface area (Å²) >= 11 is 7.46. The van der Waals surface area contributed by atoms with Gasteiger partial charge in [0.2, 0.25) is 5.91 Å². The van der Waals surface area contributed by atoms with E-state index in [1.165, 1.54) is 17.3 Å². The molecule has 0 bridgehead atoms. The molecule has 0 spiro atoms. The third-order valence-corrected chi connectivity index (χ3v) is 6.56. The molecular weight excluding hydrogens is 440 g/mol. The molecule has 32 heavy (non-hydrogen) atoms.